The number of rotatable bonds is 4. The number of halogens is 2. The number of aryl methyl sites for hydroxylation is 2. The van der Waals surface area contributed by atoms with Gasteiger partial charge in [-0.25, -0.2) is 4.98 Å². The average molecular weight is 491 g/mol. The summed E-state index contributed by atoms with van der Waals surface area (Å²) < 4.78 is 0.999. The van der Waals surface area contributed by atoms with Gasteiger partial charge in [-0.15, -0.1) is 11.3 Å². The second-order valence-corrected chi connectivity index (χ2v) is 9.21. The van der Waals surface area contributed by atoms with Gasteiger partial charge in [0.05, 0.1) is 11.6 Å². The highest BCUT2D eigenvalue weighted by molar-refractivity contribution is 9.10. The van der Waals surface area contributed by atoms with Crippen LogP contribution in [0.3, 0.4) is 0 Å². The smallest absolute Gasteiger partial charge is 0.257 e. The lowest BCUT2D eigenvalue weighted by atomic mass is 10.1. The van der Waals surface area contributed by atoms with Gasteiger partial charge in [-0.3, -0.25) is 14.9 Å². The molecule has 0 spiro atoms. The molecule has 0 saturated heterocycles. The fourth-order valence-electron chi connectivity index (χ4n) is 3.26. The van der Waals surface area contributed by atoms with Crippen molar-refractivity contribution in [1.29, 1.82) is 0 Å². The molecule has 1 aromatic heterocycles. The van der Waals surface area contributed by atoms with E-state index in [9.17, 15) is 9.59 Å². The molecule has 2 aromatic carbocycles. The number of fused-ring (bicyclic) bond motifs is 1. The van der Waals surface area contributed by atoms with Crippen LogP contribution < -0.4 is 10.6 Å². The molecule has 1 atom stereocenters. The van der Waals surface area contributed by atoms with E-state index in [-0.39, 0.29) is 17.7 Å². The average Bonchev–Trinajstić information content (AvgIpc) is 3.25. The van der Waals surface area contributed by atoms with Gasteiger partial charge in [0.2, 0.25) is 5.91 Å². The molecule has 0 bridgehead atoms. The van der Waals surface area contributed by atoms with Crippen LogP contribution in [-0.4, -0.2) is 16.8 Å². The third-order valence-corrected chi connectivity index (χ3v) is 6.97. The largest absolute Gasteiger partial charge is 0.326 e. The summed E-state index contributed by atoms with van der Waals surface area (Å²) in [5, 5.41) is 6.88. The maximum absolute atomic E-state index is 12.8. The first-order chi connectivity index (χ1) is 13.9. The zero-order chi connectivity index (χ0) is 20.5. The Morgan fingerprint density at radius 3 is 2.66 bits per heavy atom. The Labute approximate surface area is 185 Å². The van der Waals surface area contributed by atoms with E-state index < -0.39 is 0 Å². The molecule has 1 aliphatic carbocycles. The molecular formula is C21H17BrClN3O2S. The van der Waals surface area contributed by atoms with Crippen LogP contribution in [0.2, 0.25) is 5.02 Å². The summed E-state index contributed by atoms with van der Waals surface area (Å²) in [6.07, 6.45) is 1.50. The first kappa shape index (κ1) is 20.1. The molecule has 4 rings (SSSR count). The number of nitrogens with one attached hydrogen (secondary N) is 2. The number of anilines is 2. The van der Waals surface area contributed by atoms with Gasteiger partial charge in [-0.05, 0) is 67.8 Å². The summed E-state index contributed by atoms with van der Waals surface area (Å²) in [5.74, 6) is -0.641. The number of benzene rings is 2. The minimum atomic E-state index is -0.314. The maximum Gasteiger partial charge on any atom is 0.257 e. The number of nitrogens with zero attached hydrogens (tertiary/aromatic N) is 1. The summed E-state index contributed by atoms with van der Waals surface area (Å²) >= 11 is 10.8. The van der Waals surface area contributed by atoms with Crippen molar-refractivity contribution in [2.75, 3.05) is 10.6 Å². The van der Waals surface area contributed by atoms with Crippen molar-refractivity contribution >= 4 is 61.5 Å². The standard InChI is InChI=1S/C21H17BrClN3O2S/c1-11-10-14(6-8-16(11)22)24-20(28)15-7-9-17-18(15)25-21(29-17)26-19(27)12-2-4-13(23)5-3-12/h2-6,8,10,15H,7,9H2,1H3,(H,24,28)(H,25,26,27). The van der Waals surface area contributed by atoms with E-state index >= 15 is 0 Å². The molecule has 1 heterocycles. The third-order valence-electron chi connectivity index (χ3n) is 4.79. The predicted molar refractivity (Wildman–Crippen MR) is 120 cm³/mol. The Kier molecular flexibility index (Phi) is 5.72. The summed E-state index contributed by atoms with van der Waals surface area (Å²) in [6.45, 7) is 1.98. The highest BCUT2D eigenvalue weighted by Gasteiger charge is 2.33. The molecule has 2 N–H and O–H groups in total. The number of hydrogen-bond donors (Lipinski definition) is 2. The molecule has 148 valence electrons. The molecule has 0 aliphatic heterocycles. The second kappa shape index (κ2) is 8.26. The van der Waals surface area contributed by atoms with E-state index in [2.05, 4.69) is 31.5 Å². The van der Waals surface area contributed by atoms with Gasteiger partial charge in [-0.1, -0.05) is 27.5 Å². The Hall–Kier alpha value is -2.22. The molecule has 0 radical (unpaired) electrons. The Balaban J connectivity index is 1.46. The highest BCUT2D eigenvalue weighted by atomic mass is 79.9. The van der Waals surface area contributed by atoms with Crippen molar-refractivity contribution in [2.24, 2.45) is 0 Å². The van der Waals surface area contributed by atoms with E-state index in [0.29, 0.717) is 15.7 Å². The molecule has 2 amide bonds. The van der Waals surface area contributed by atoms with Gasteiger partial charge in [-0.2, -0.15) is 0 Å². The van der Waals surface area contributed by atoms with Crippen molar-refractivity contribution in [3.8, 4) is 0 Å². The van der Waals surface area contributed by atoms with Crippen molar-refractivity contribution in [2.45, 2.75) is 25.7 Å². The van der Waals surface area contributed by atoms with Crippen molar-refractivity contribution in [1.82, 2.24) is 4.98 Å². The third kappa shape index (κ3) is 4.37. The maximum atomic E-state index is 12.8. The van der Waals surface area contributed by atoms with Gasteiger partial charge in [0.15, 0.2) is 5.13 Å². The van der Waals surface area contributed by atoms with Crippen LogP contribution in [0.5, 0.6) is 0 Å². The summed E-state index contributed by atoms with van der Waals surface area (Å²) in [7, 11) is 0. The van der Waals surface area contributed by atoms with Crippen molar-refractivity contribution < 1.29 is 9.59 Å². The van der Waals surface area contributed by atoms with Crippen LogP contribution in [0.1, 0.15) is 38.8 Å². The zero-order valence-corrected chi connectivity index (χ0v) is 18.6. The molecular weight excluding hydrogens is 474 g/mol. The van der Waals surface area contributed by atoms with Gasteiger partial charge in [0.1, 0.15) is 0 Å². The number of thiazole rings is 1. The first-order valence-electron chi connectivity index (χ1n) is 9.04. The number of carbonyl (C=O) groups is 2. The number of aromatic nitrogens is 1. The molecule has 3 aromatic rings. The van der Waals surface area contributed by atoms with Gasteiger partial charge in [0.25, 0.3) is 5.91 Å². The second-order valence-electron chi connectivity index (χ2n) is 6.83. The van der Waals surface area contributed by atoms with Crippen molar-refractivity contribution in [3.05, 3.63) is 73.7 Å². The fraction of sp³-hybridized carbons (Fsp3) is 0.190. The molecule has 8 heteroatoms. The van der Waals surface area contributed by atoms with E-state index in [0.717, 1.165) is 39.1 Å². The Morgan fingerprint density at radius 1 is 1.17 bits per heavy atom. The monoisotopic (exact) mass is 489 g/mol. The minimum absolute atomic E-state index is 0.0775. The first-order valence-corrected chi connectivity index (χ1v) is 11.0. The number of amides is 2. The van der Waals surface area contributed by atoms with Crippen LogP contribution in [0.15, 0.2) is 46.9 Å². The number of hydrogen-bond acceptors (Lipinski definition) is 4. The molecule has 1 aliphatic rings. The highest BCUT2D eigenvalue weighted by Crippen LogP contribution is 2.39. The molecule has 0 fully saturated rings. The quantitative estimate of drug-likeness (QED) is 0.486. The van der Waals surface area contributed by atoms with Crippen LogP contribution in [0.4, 0.5) is 10.8 Å². The molecule has 0 saturated carbocycles. The van der Waals surface area contributed by atoms with Crippen LogP contribution in [0, 0.1) is 6.92 Å². The lowest BCUT2D eigenvalue weighted by Gasteiger charge is -2.11. The SMILES string of the molecule is Cc1cc(NC(=O)C2CCc3sc(NC(=O)c4ccc(Cl)cc4)nc32)ccc1Br. The Morgan fingerprint density at radius 2 is 1.93 bits per heavy atom. The number of carbonyl (C=O) groups excluding carboxylic acids is 2. The fourth-order valence-corrected chi connectivity index (χ4v) is 4.66. The van der Waals surface area contributed by atoms with E-state index in [1.54, 1.807) is 24.3 Å². The lowest BCUT2D eigenvalue weighted by molar-refractivity contribution is -0.117. The summed E-state index contributed by atoms with van der Waals surface area (Å²) in [5.41, 5.74) is 3.07. The molecule has 5 nitrogen and oxygen atoms in total. The topological polar surface area (TPSA) is 71.1 Å². The van der Waals surface area contributed by atoms with Gasteiger partial charge < -0.3 is 5.32 Å². The van der Waals surface area contributed by atoms with E-state index in [1.165, 1.54) is 11.3 Å². The lowest BCUT2D eigenvalue weighted by Crippen LogP contribution is -2.20. The molecule has 29 heavy (non-hydrogen) atoms. The minimum Gasteiger partial charge on any atom is -0.326 e. The normalized spacial score (nSPS) is 15.1. The summed E-state index contributed by atoms with van der Waals surface area (Å²) in [4.78, 5) is 30.8. The van der Waals surface area contributed by atoms with Crippen LogP contribution in [0.25, 0.3) is 0 Å². The van der Waals surface area contributed by atoms with Crippen LogP contribution >= 0.6 is 38.9 Å². The predicted octanol–water partition coefficient (Wildman–Crippen LogP) is 5.79. The van der Waals surface area contributed by atoms with Crippen molar-refractivity contribution in [3.63, 3.8) is 0 Å². The zero-order valence-electron chi connectivity index (χ0n) is 15.5. The van der Waals surface area contributed by atoms with Gasteiger partial charge in [0, 0.05) is 25.6 Å². The summed E-state index contributed by atoms with van der Waals surface area (Å²) in [6, 6.07) is 12.4. The van der Waals surface area contributed by atoms with Gasteiger partial charge >= 0.3 is 0 Å². The Bertz CT molecular complexity index is 1100. The molecule has 1 unspecified atom stereocenters. The van der Waals surface area contributed by atoms with E-state index in [1.807, 2.05) is 25.1 Å². The van der Waals surface area contributed by atoms with E-state index in [4.69, 9.17) is 11.6 Å². The van der Waals surface area contributed by atoms with Crippen LogP contribution in [-0.2, 0) is 11.2 Å².